The fraction of sp³-hybridized carbons (Fsp3) is 0.529. The summed E-state index contributed by atoms with van der Waals surface area (Å²) in [5, 5.41) is 3.16. The van der Waals surface area contributed by atoms with Crippen LogP contribution >= 0.6 is 11.8 Å². The lowest BCUT2D eigenvalue weighted by atomic mass is 10.1. The first-order valence-corrected chi connectivity index (χ1v) is 9.60. The second-order valence-electron chi connectivity index (χ2n) is 6.05. The number of fused-ring (bicyclic) bond motifs is 1. The van der Waals surface area contributed by atoms with E-state index in [1.165, 1.54) is 0 Å². The lowest BCUT2D eigenvalue weighted by molar-refractivity contribution is -0.132. The fourth-order valence-corrected chi connectivity index (χ4v) is 3.35. The molecule has 24 heavy (non-hydrogen) atoms. The number of nitrogens with zero attached hydrogens (tertiary/aromatic N) is 2. The van der Waals surface area contributed by atoms with Gasteiger partial charge in [-0.05, 0) is 37.6 Å². The molecule has 1 amide bonds. The van der Waals surface area contributed by atoms with Crippen LogP contribution in [0.5, 0.6) is 0 Å². The van der Waals surface area contributed by atoms with Gasteiger partial charge in [0.2, 0.25) is 5.91 Å². The van der Waals surface area contributed by atoms with E-state index >= 15 is 0 Å². The van der Waals surface area contributed by atoms with Gasteiger partial charge in [-0.25, -0.2) is 4.98 Å². The van der Waals surface area contributed by atoms with Gasteiger partial charge in [0.05, 0.1) is 30.3 Å². The number of amides is 1. The molecule has 0 spiro atoms. The summed E-state index contributed by atoms with van der Waals surface area (Å²) in [7, 11) is 1.96. The number of para-hydroxylation sites is 2. The summed E-state index contributed by atoms with van der Waals surface area (Å²) in [6.07, 6.45) is 2.91. The number of aromatic amines is 1. The van der Waals surface area contributed by atoms with Crippen molar-refractivity contribution in [2.24, 2.45) is 0 Å². The third-order valence-electron chi connectivity index (χ3n) is 4.36. The number of morpholine rings is 1. The summed E-state index contributed by atoms with van der Waals surface area (Å²) >= 11 is 1.77. The highest BCUT2D eigenvalue weighted by molar-refractivity contribution is 7.98. The number of likely N-dealkylation sites (N-methyl/N-ethyl adjacent to an activating group) is 1. The number of imidazole rings is 1. The summed E-state index contributed by atoms with van der Waals surface area (Å²) in [5.74, 6) is 1.78. The van der Waals surface area contributed by atoms with E-state index in [9.17, 15) is 4.79 Å². The molecular formula is C17H24N4O2S. The van der Waals surface area contributed by atoms with Crippen LogP contribution in [0.1, 0.15) is 18.3 Å². The normalized spacial score (nSPS) is 20.2. The van der Waals surface area contributed by atoms with E-state index in [-0.39, 0.29) is 18.0 Å². The number of carbonyl (C=O) groups excluding carboxylic acids is 1. The quantitative estimate of drug-likeness (QED) is 0.833. The lowest BCUT2D eigenvalue weighted by Gasteiger charge is -2.32. The number of H-pyrrole nitrogens is 1. The Morgan fingerprint density at radius 2 is 2.38 bits per heavy atom. The van der Waals surface area contributed by atoms with Crippen molar-refractivity contribution in [1.82, 2.24) is 20.2 Å². The number of carbonyl (C=O) groups is 1. The molecule has 0 unspecified atom stereocenters. The molecule has 1 aromatic heterocycles. The molecule has 0 radical (unpaired) electrons. The summed E-state index contributed by atoms with van der Waals surface area (Å²) in [5.41, 5.74) is 1.92. The first-order valence-electron chi connectivity index (χ1n) is 8.21. The molecule has 0 saturated carbocycles. The van der Waals surface area contributed by atoms with Crippen LogP contribution < -0.4 is 5.32 Å². The van der Waals surface area contributed by atoms with Crippen molar-refractivity contribution < 1.29 is 9.53 Å². The van der Waals surface area contributed by atoms with E-state index < -0.39 is 0 Å². The maximum Gasteiger partial charge on any atom is 0.240 e. The molecule has 1 aliphatic rings. The zero-order valence-corrected chi connectivity index (χ0v) is 14.9. The predicted octanol–water partition coefficient (Wildman–Crippen LogP) is 1.80. The van der Waals surface area contributed by atoms with Crippen molar-refractivity contribution >= 4 is 28.7 Å². The number of aromatic nitrogens is 2. The average Bonchev–Trinajstić information content (AvgIpc) is 3.02. The van der Waals surface area contributed by atoms with Gasteiger partial charge in [-0.2, -0.15) is 11.8 Å². The standard InChI is InChI=1S/C17H24N4O2S/c1-21-8-9-23-11-15(21)17(22)20-14(7-10-24-2)16-18-12-5-3-4-6-13(12)19-16/h3-6,14-15H,7-11H2,1-2H3,(H,18,19)(H,20,22)/t14-,15+/m1/s1. The molecule has 0 aliphatic carbocycles. The molecular weight excluding hydrogens is 324 g/mol. The molecule has 0 bridgehead atoms. The second kappa shape index (κ2) is 8.00. The molecule has 7 heteroatoms. The summed E-state index contributed by atoms with van der Waals surface area (Å²) in [6.45, 7) is 1.90. The zero-order chi connectivity index (χ0) is 16.9. The largest absolute Gasteiger partial charge is 0.378 e. The van der Waals surface area contributed by atoms with Gasteiger partial charge >= 0.3 is 0 Å². The maximum atomic E-state index is 12.7. The van der Waals surface area contributed by atoms with Gasteiger partial charge in [-0.15, -0.1) is 0 Å². The van der Waals surface area contributed by atoms with Crippen LogP contribution in [-0.4, -0.2) is 65.6 Å². The number of nitrogens with one attached hydrogen (secondary N) is 2. The van der Waals surface area contributed by atoms with Crippen molar-refractivity contribution in [2.75, 3.05) is 38.8 Å². The smallest absolute Gasteiger partial charge is 0.240 e. The van der Waals surface area contributed by atoms with Gasteiger partial charge in [0, 0.05) is 6.54 Å². The minimum absolute atomic E-state index is 0.00348. The monoisotopic (exact) mass is 348 g/mol. The minimum Gasteiger partial charge on any atom is -0.378 e. The Kier molecular flexibility index (Phi) is 5.76. The number of hydrogen-bond acceptors (Lipinski definition) is 5. The highest BCUT2D eigenvalue weighted by Gasteiger charge is 2.29. The Balaban J connectivity index is 1.76. The summed E-state index contributed by atoms with van der Waals surface area (Å²) in [4.78, 5) is 22.7. The second-order valence-corrected chi connectivity index (χ2v) is 7.04. The third-order valence-corrected chi connectivity index (χ3v) is 5.01. The zero-order valence-electron chi connectivity index (χ0n) is 14.1. The molecule has 2 heterocycles. The molecule has 1 saturated heterocycles. The van der Waals surface area contributed by atoms with E-state index in [1.54, 1.807) is 11.8 Å². The SMILES string of the molecule is CSCC[C@@H](NC(=O)[C@@H]1COCCN1C)c1nc2ccccc2[nH]1. The van der Waals surface area contributed by atoms with Crippen molar-refractivity contribution in [3.05, 3.63) is 30.1 Å². The average molecular weight is 348 g/mol. The van der Waals surface area contributed by atoms with Crippen molar-refractivity contribution in [1.29, 1.82) is 0 Å². The molecule has 6 nitrogen and oxygen atoms in total. The first kappa shape index (κ1) is 17.3. The third kappa shape index (κ3) is 3.91. The Morgan fingerprint density at radius 1 is 1.54 bits per heavy atom. The van der Waals surface area contributed by atoms with Gasteiger partial charge in [-0.3, -0.25) is 9.69 Å². The molecule has 2 N–H and O–H groups in total. The van der Waals surface area contributed by atoms with Crippen molar-refractivity contribution in [3.8, 4) is 0 Å². The van der Waals surface area contributed by atoms with E-state index in [0.29, 0.717) is 13.2 Å². The number of ether oxygens (including phenoxy) is 1. The molecule has 1 fully saturated rings. The van der Waals surface area contributed by atoms with Gasteiger partial charge in [-0.1, -0.05) is 12.1 Å². The Bertz CT molecular complexity index is 657. The molecule has 2 atom stereocenters. The molecule has 1 aromatic carbocycles. The number of thioether (sulfide) groups is 1. The fourth-order valence-electron chi connectivity index (χ4n) is 2.88. The van der Waals surface area contributed by atoms with Gasteiger partial charge < -0.3 is 15.0 Å². The van der Waals surface area contributed by atoms with Crippen molar-refractivity contribution in [3.63, 3.8) is 0 Å². The van der Waals surface area contributed by atoms with Gasteiger partial charge in [0.1, 0.15) is 11.9 Å². The maximum absolute atomic E-state index is 12.7. The minimum atomic E-state index is -0.236. The number of hydrogen-bond donors (Lipinski definition) is 2. The number of benzene rings is 1. The van der Waals surface area contributed by atoms with E-state index in [0.717, 1.165) is 35.6 Å². The van der Waals surface area contributed by atoms with Crippen LogP contribution in [0.4, 0.5) is 0 Å². The topological polar surface area (TPSA) is 70.2 Å². The highest BCUT2D eigenvalue weighted by atomic mass is 32.2. The molecule has 3 rings (SSSR count). The van der Waals surface area contributed by atoms with Crippen LogP contribution in [0.2, 0.25) is 0 Å². The predicted molar refractivity (Wildman–Crippen MR) is 97.2 cm³/mol. The Morgan fingerprint density at radius 3 is 3.12 bits per heavy atom. The Hall–Kier alpha value is -1.57. The van der Waals surface area contributed by atoms with Crippen molar-refractivity contribution in [2.45, 2.75) is 18.5 Å². The Labute approximate surface area is 146 Å². The van der Waals surface area contributed by atoms with Gasteiger partial charge in [0.25, 0.3) is 0 Å². The number of rotatable bonds is 6. The summed E-state index contributed by atoms with van der Waals surface area (Å²) < 4.78 is 5.46. The first-order chi connectivity index (χ1) is 11.7. The van der Waals surface area contributed by atoms with Crippen LogP contribution in [0.3, 0.4) is 0 Å². The molecule has 1 aliphatic heterocycles. The molecule has 2 aromatic rings. The highest BCUT2D eigenvalue weighted by Crippen LogP contribution is 2.20. The summed E-state index contributed by atoms with van der Waals surface area (Å²) in [6, 6.07) is 7.57. The lowest BCUT2D eigenvalue weighted by Crippen LogP contribution is -2.52. The van der Waals surface area contributed by atoms with Crippen LogP contribution in [-0.2, 0) is 9.53 Å². The van der Waals surface area contributed by atoms with Crippen LogP contribution in [0, 0.1) is 0 Å². The van der Waals surface area contributed by atoms with Crippen LogP contribution in [0.15, 0.2) is 24.3 Å². The van der Waals surface area contributed by atoms with Crippen LogP contribution in [0.25, 0.3) is 11.0 Å². The molecule has 130 valence electrons. The van der Waals surface area contributed by atoms with E-state index in [4.69, 9.17) is 4.74 Å². The van der Waals surface area contributed by atoms with E-state index in [2.05, 4.69) is 21.5 Å². The van der Waals surface area contributed by atoms with Gasteiger partial charge in [0.15, 0.2) is 0 Å². The van der Waals surface area contributed by atoms with E-state index in [1.807, 2.05) is 36.2 Å².